The van der Waals surface area contributed by atoms with E-state index in [2.05, 4.69) is 40.4 Å². The van der Waals surface area contributed by atoms with Gasteiger partial charge in [0.2, 0.25) is 0 Å². The average Bonchev–Trinajstić information content (AvgIpc) is 3.30. The lowest BCUT2D eigenvalue weighted by Gasteiger charge is -2.13. The van der Waals surface area contributed by atoms with Crippen LogP contribution in [-0.4, -0.2) is 18.4 Å². The number of hydrogen-bond acceptors (Lipinski definition) is 4. The number of anilines is 1. The van der Waals surface area contributed by atoms with Crippen molar-refractivity contribution in [2.45, 2.75) is 32.7 Å². The van der Waals surface area contributed by atoms with Gasteiger partial charge in [-0.3, -0.25) is 9.59 Å². The third-order valence-electron chi connectivity index (χ3n) is 4.93. The number of furan rings is 1. The van der Waals surface area contributed by atoms with Gasteiger partial charge in [0.1, 0.15) is 11.5 Å². The molecule has 0 fully saturated rings. The lowest BCUT2D eigenvalue weighted by Crippen LogP contribution is -2.23. The molecule has 1 aromatic heterocycles. The zero-order chi connectivity index (χ0) is 22.2. The van der Waals surface area contributed by atoms with Crippen molar-refractivity contribution in [2.24, 2.45) is 0 Å². The van der Waals surface area contributed by atoms with E-state index in [1.807, 2.05) is 18.2 Å². The summed E-state index contributed by atoms with van der Waals surface area (Å²) in [4.78, 5) is 24.4. The third-order valence-corrected chi connectivity index (χ3v) is 5.55. The topological polar surface area (TPSA) is 80.6 Å². The van der Waals surface area contributed by atoms with Crippen molar-refractivity contribution in [1.82, 2.24) is 5.32 Å². The molecule has 31 heavy (non-hydrogen) atoms. The summed E-state index contributed by atoms with van der Waals surface area (Å²) in [6.45, 7) is 4.51. The Balaban J connectivity index is 1.48. The molecule has 2 amide bonds. The molecule has 2 aromatic carbocycles. The molecule has 0 aliphatic carbocycles. The van der Waals surface area contributed by atoms with Gasteiger partial charge < -0.3 is 19.8 Å². The molecule has 7 heteroatoms. The molecule has 0 spiro atoms. The summed E-state index contributed by atoms with van der Waals surface area (Å²) in [6.07, 6.45) is 2.61. The lowest BCUT2D eigenvalue weighted by atomic mass is 9.99. The van der Waals surface area contributed by atoms with E-state index >= 15 is 0 Å². The maximum Gasteiger partial charge on any atom is 0.262 e. The summed E-state index contributed by atoms with van der Waals surface area (Å²) in [7, 11) is 0. The summed E-state index contributed by atoms with van der Waals surface area (Å²) in [5.41, 5.74) is 2.30. The summed E-state index contributed by atoms with van der Waals surface area (Å²) in [5, 5.41) is 5.54. The summed E-state index contributed by atoms with van der Waals surface area (Å²) in [6, 6.07) is 16.1. The van der Waals surface area contributed by atoms with Gasteiger partial charge in [-0.05, 0) is 82.4 Å². The minimum absolute atomic E-state index is 0.118. The van der Waals surface area contributed by atoms with Gasteiger partial charge in [-0.2, -0.15) is 0 Å². The zero-order valence-electron chi connectivity index (χ0n) is 17.5. The molecule has 3 aromatic rings. The normalized spacial score (nSPS) is 11.6. The van der Waals surface area contributed by atoms with Gasteiger partial charge >= 0.3 is 0 Å². The van der Waals surface area contributed by atoms with Crippen LogP contribution in [0.15, 0.2) is 69.8 Å². The number of carbonyl (C=O) groups is 2. The summed E-state index contributed by atoms with van der Waals surface area (Å²) < 4.78 is 11.6. The number of hydrogen-bond donors (Lipinski definition) is 2. The van der Waals surface area contributed by atoms with Gasteiger partial charge in [-0.1, -0.05) is 19.9 Å². The summed E-state index contributed by atoms with van der Waals surface area (Å²) in [5.74, 6) is 1.25. The first-order valence-corrected chi connectivity index (χ1v) is 10.9. The van der Waals surface area contributed by atoms with Crippen LogP contribution >= 0.6 is 15.9 Å². The highest BCUT2D eigenvalue weighted by molar-refractivity contribution is 9.10. The van der Waals surface area contributed by atoms with Gasteiger partial charge in [0.05, 0.1) is 17.3 Å². The average molecular weight is 485 g/mol. The smallest absolute Gasteiger partial charge is 0.262 e. The summed E-state index contributed by atoms with van der Waals surface area (Å²) >= 11 is 3.51. The van der Waals surface area contributed by atoms with Crippen molar-refractivity contribution < 1.29 is 18.7 Å². The van der Waals surface area contributed by atoms with Crippen LogP contribution in [0.3, 0.4) is 0 Å². The van der Waals surface area contributed by atoms with Gasteiger partial charge in [-0.25, -0.2) is 0 Å². The van der Waals surface area contributed by atoms with E-state index in [1.165, 1.54) is 5.56 Å². The molecule has 0 bridgehead atoms. The second kappa shape index (κ2) is 10.8. The second-order valence-electron chi connectivity index (χ2n) is 7.18. The molecule has 0 saturated heterocycles. The SMILES string of the molecule is CCC(C)c1ccc(OCC(=O)Nc2ccc(C(=O)NCc3ccco3)cc2)c(Br)c1. The molecule has 1 heterocycles. The Kier molecular flexibility index (Phi) is 7.89. The van der Waals surface area contributed by atoms with Gasteiger partial charge in [0.25, 0.3) is 11.8 Å². The standard InChI is InChI=1S/C24H25BrN2O4/c1-3-16(2)18-8-11-22(21(25)13-18)31-15-23(28)27-19-9-6-17(7-10-19)24(29)26-14-20-5-4-12-30-20/h4-13,16H,3,14-15H2,1-2H3,(H,26,29)(H,27,28). The maximum absolute atomic E-state index is 12.2. The molecular formula is C24H25BrN2O4. The molecule has 3 rings (SSSR count). The van der Waals surface area contributed by atoms with E-state index in [9.17, 15) is 9.59 Å². The van der Waals surface area contributed by atoms with Gasteiger partial charge in [0, 0.05) is 11.3 Å². The molecular weight excluding hydrogens is 460 g/mol. The Morgan fingerprint density at radius 1 is 1.13 bits per heavy atom. The number of ether oxygens (including phenoxy) is 1. The Labute approximate surface area is 190 Å². The number of amides is 2. The number of carbonyl (C=O) groups excluding carboxylic acids is 2. The van der Waals surface area contributed by atoms with Crippen molar-refractivity contribution >= 4 is 33.4 Å². The van der Waals surface area contributed by atoms with Crippen molar-refractivity contribution in [3.63, 3.8) is 0 Å². The molecule has 162 valence electrons. The highest BCUT2D eigenvalue weighted by Crippen LogP contribution is 2.30. The number of nitrogens with one attached hydrogen (secondary N) is 2. The molecule has 1 atom stereocenters. The first-order valence-electron chi connectivity index (χ1n) is 10.1. The highest BCUT2D eigenvalue weighted by Gasteiger charge is 2.11. The largest absolute Gasteiger partial charge is 0.483 e. The molecule has 6 nitrogen and oxygen atoms in total. The van der Waals surface area contributed by atoms with E-state index < -0.39 is 0 Å². The van der Waals surface area contributed by atoms with Crippen LogP contribution in [0.5, 0.6) is 5.75 Å². The van der Waals surface area contributed by atoms with E-state index in [0.29, 0.717) is 35.2 Å². The van der Waals surface area contributed by atoms with Crippen LogP contribution in [0.4, 0.5) is 5.69 Å². The Morgan fingerprint density at radius 3 is 2.55 bits per heavy atom. The van der Waals surface area contributed by atoms with Crippen LogP contribution < -0.4 is 15.4 Å². The molecule has 0 aliphatic rings. The van der Waals surface area contributed by atoms with Crippen molar-refractivity contribution in [3.05, 3.63) is 82.2 Å². The first kappa shape index (κ1) is 22.6. The minimum Gasteiger partial charge on any atom is -0.483 e. The monoisotopic (exact) mass is 484 g/mol. The highest BCUT2D eigenvalue weighted by atomic mass is 79.9. The fourth-order valence-corrected chi connectivity index (χ4v) is 3.42. The molecule has 0 saturated carbocycles. The second-order valence-corrected chi connectivity index (χ2v) is 8.03. The fraction of sp³-hybridized carbons (Fsp3) is 0.250. The van der Waals surface area contributed by atoms with Crippen LogP contribution in [0, 0.1) is 0 Å². The predicted molar refractivity (Wildman–Crippen MR) is 123 cm³/mol. The molecule has 0 radical (unpaired) electrons. The van der Waals surface area contributed by atoms with Crippen LogP contribution in [-0.2, 0) is 11.3 Å². The Bertz CT molecular complexity index is 1020. The van der Waals surface area contributed by atoms with Gasteiger partial charge in [-0.15, -0.1) is 0 Å². The maximum atomic E-state index is 12.2. The van der Waals surface area contributed by atoms with E-state index in [-0.39, 0.29) is 18.4 Å². The zero-order valence-corrected chi connectivity index (χ0v) is 19.1. The number of rotatable bonds is 9. The van der Waals surface area contributed by atoms with Crippen molar-refractivity contribution in [1.29, 1.82) is 0 Å². The van der Waals surface area contributed by atoms with E-state index in [0.717, 1.165) is 10.9 Å². The first-order chi connectivity index (χ1) is 15.0. The third kappa shape index (κ3) is 6.46. The quantitative estimate of drug-likeness (QED) is 0.419. The number of benzene rings is 2. The van der Waals surface area contributed by atoms with E-state index in [4.69, 9.17) is 9.15 Å². The predicted octanol–water partition coefficient (Wildman–Crippen LogP) is 5.50. The Morgan fingerprint density at radius 2 is 1.90 bits per heavy atom. The van der Waals surface area contributed by atoms with Gasteiger partial charge in [0.15, 0.2) is 6.61 Å². The van der Waals surface area contributed by atoms with Crippen molar-refractivity contribution in [3.8, 4) is 5.75 Å². The van der Waals surface area contributed by atoms with E-state index in [1.54, 1.807) is 42.7 Å². The molecule has 1 unspecified atom stereocenters. The van der Waals surface area contributed by atoms with Crippen LogP contribution in [0.2, 0.25) is 0 Å². The number of halogens is 1. The lowest BCUT2D eigenvalue weighted by molar-refractivity contribution is -0.118. The fourth-order valence-electron chi connectivity index (χ4n) is 2.90. The van der Waals surface area contributed by atoms with Crippen LogP contribution in [0.1, 0.15) is 47.9 Å². The molecule has 2 N–H and O–H groups in total. The minimum atomic E-state index is -0.284. The molecule has 0 aliphatic heterocycles. The van der Waals surface area contributed by atoms with Crippen molar-refractivity contribution in [2.75, 3.05) is 11.9 Å². The Hall–Kier alpha value is -3.06. The van der Waals surface area contributed by atoms with Crippen LogP contribution in [0.25, 0.3) is 0 Å².